The van der Waals surface area contributed by atoms with Gasteiger partial charge in [-0.1, -0.05) is 24.3 Å². The molecule has 0 aliphatic carbocycles. The van der Waals surface area contributed by atoms with Crippen molar-refractivity contribution in [3.05, 3.63) is 59.7 Å². The maximum absolute atomic E-state index is 13.1. The number of benzene rings is 2. The van der Waals surface area contributed by atoms with Gasteiger partial charge in [0.1, 0.15) is 18.1 Å². The van der Waals surface area contributed by atoms with E-state index in [0.717, 1.165) is 11.3 Å². The number of ether oxygens (including phenoxy) is 2. The largest absolute Gasteiger partial charge is 0.497 e. The van der Waals surface area contributed by atoms with Gasteiger partial charge in [-0.3, -0.25) is 4.79 Å². The fraction of sp³-hybridized carbons (Fsp3) is 0.278. The number of fused-ring (bicyclic) bond motifs is 1. The monoisotopic (exact) mass is 308 g/mol. The zero-order chi connectivity index (χ0) is 15.9. The number of carbonyl (C=O) groups excluding carboxylic acids is 1. The third-order valence-corrected chi connectivity index (χ3v) is 4.56. The van der Waals surface area contributed by atoms with Crippen LogP contribution in [0.5, 0.6) is 11.5 Å². The van der Waals surface area contributed by atoms with Crippen molar-refractivity contribution in [3.8, 4) is 11.5 Å². The van der Waals surface area contributed by atoms with Gasteiger partial charge in [-0.2, -0.15) is 10.2 Å². The first kappa shape index (κ1) is 13.9. The predicted molar refractivity (Wildman–Crippen MR) is 84.5 cm³/mol. The first-order valence-electron chi connectivity index (χ1n) is 7.54. The first-order valence-corrected chi connectivity index (χ1v) is 7.54. The average Bonchev–Trinajstić information content (AvgIpc) is 3.03. The van der Waals surface area contributed by atoms with Gasteiger partial charge in [0.2, 0.25) is 0 Å². The summed E-state index contributed by atoms with van der Waals surface area (Å²) in [7, 11) is 1.63. The highest BCUT2D eigenvalue weighted by molar-refractivity contribution is 6.07. The maximum atomic E-state index is 13.1. The van der Waals surface area contributed by atoms with E-state index in [-0.39, 0.29) is 18.3 Å². The van der Waals surface area contributed by atoms with Crippen LogP contribution in [0.2, 0.25) is 0 Å². The number of hydrogen-bond acceptors (Lipinski definition) is 5. The molecule has 2 aliphatic heterocycles. The van der Waals surface area contributed by atoms with Gasteiger partial charge in [0.05, 0.1) is 19.2 Å². The maximum Gasteiger partial charge on any atom is 0.200 e. The molecular formula is C18H16N2O3. The highest BCUT2D eigenvalue weighted by Crippen LogP contribution is 2.44. The Balaban J connectivity index is 1.78. The summed E-state index contributed by atoms with van der Waals surface area (Å²) in [5, 5.41) is 8.51. The van der Waals surface area contributed by atoms with E-state index in [1.54, 1.807) is 13.2 Å². The number of Topliss-reactive ketones (excluding diaryl/α,β-unsaturated/α-hetero) is 1. The van der Waals surface area contributed by atoms with Crippen molar-refractivity contribution < 1.29 is 14.3 Å². The molecule has 2 aromatic carbocycles. The Labute approximate surface area is 134 Å². The van der Waals surface area contributed by atoms with Gasteiger partial charge in [-0.05, 0) is 29.8 Å². The Morgan fingerprint density at radius 1 is 1.22 bits per heavy atom. The molecule has 2 atom stereocenters. The van der Waals surface area contributed by atoms with Gasteiger partial charge in [0.25, 0.3) is 0 Å². The molecule has 0 aromatic heterocycles. The number of azo groups is 1. The molecule has 0 saturated heterocycles. The minimum atomic E-state index is -0.972. The van der Waals surface area contributed by atoms with Crippen LogP contribution in [0.15, 0.2) is 58.8 Å². The van der Waals surface area contributed by atoms with Crippen molar-refractivity contribution in [1.82, 2.24) is 0 Å². The van der Waals surface area contributed by atoms with Crippen molar-refractivity contribution in [2.75, 3.05) is 20.3 Å². The summed E-state index contributed by atoms with van der Waals surface area (Å²) in [5.41, 5.74) is 0.596. The topological polar surface area (TPSA) is 60.3 Å². The Hall–Kier alpha value is -2.69. The molecule has 5 heteroatoms. The third-order valence-electron chi connectivity index (χ3n) is 4.56. The lowest BCUT2D eigenvalue weighted by molar-refractivity contribution is 0.0759. The van der Waals surface area contributed by atoms with Crippen molar-refractivity contribution in [3.63, 3.8) is 0 Å². The van der Waals surface area contributed by atoms with E-state index in [1.165, 1.54) is 0 Å². The number of nitrogens with zero attached hydrogens (tertiary/aromatic N) is 2. The fourth-order valence-corrected chi connectivity index (χ4v) is 3.31. The fourth-order valence-electron chi connectivity index (χ4n) is 3.31. The van der Waals surface area contributed by atoms with E-state index >= 15 is 0 Å². The summed E-state index contributed by atoms with van der Waals surface area (Å²) >= 11 is 0. The van der Waals surface area contributed by atoms with Crippen LogP contribution in [-0.2, 0) is 0 Å². The molecule has 0 fully saturated rings. The summed E-state index contributed by atoms with van der Waals surface area (Å²) in [6, 6.07) is 15.0. The normalized spacial score (nSPS) is 25.3. The number of ketones is 1. The molecule has 2 unspecified atom stereocenters. The predicted octanol–water partition coefficient (Wildman–Crippen LogP) is 3.26. The van der Waals surface area contributed by atoms with Crippen LogP contribution in [0, 0.1) is 0 Å². The number of methoxy groups -OCH3 is 1. The summed E-state index contributed by atoms with van der Waals surface area (Å²) < 4.78 is 11.1. The molecule has 2 aromatic rings. The lowest BCUT2D eigenvalue weighted by Gasteiger charge is -2.34. The Bertz CT molecular complexity index is 802. The molecule has 0 radical (unpaired) electrons. The number of hydrogen-bond donors (Lipinski definition) is 0. The molecule has 116 valence electrons. The SMILES string of the molecule is COc1cccc(C2CN=NC23COc2ccccc2C3=O)c1. The van der Waals surface area contributed by atoms with Crippen LogP contribution < -0.4 is 9.47 Å². The molecule has 0 bridgehead atoms. The minimum Gasteiger partial charge on any atom is -0.497 e. The summed E-state index contributed by atoms with van der Waals surface area (Å²) in [5.74, 6) is 1.22. The first-order chi connectivity index (χ1) is 11.2. The van der Waals surface area contributed by atoms with E-state index in [2.05, 4.69) is 10.2 Å². The molecule has 23 heavy (non-hydrogen) atoms. The lowest BCUT2D eigenvalue weighted by atomic mass is 9.75. The molecule has 1 spiro atoms. The molecule has 5 nitrogen and oxygen atoms in total. The van der Waals surface area contributed by atoms with Crippen LogP contribution in [0.4, 0.5) is 0 Å². The van der Waals surface area contributed by atoms with Crippen LogP contribution in [0.3, 0.4) is 0 Å². The van der Waals surface area contributed by atoms with Gasteiger partial charge in [0.15, 0.2) is 11.3 Å². The van der Waals surface area contributed by atoms with Crippen LogP contribution >= 0.6 is 0 Å². The lowest BCUT2D eigenvalue weighted by Crippen LogP contribution is -2.49. The Morgan fingerprint density at radius 2 is 2.09 bits per heavy atom. The average molecular weight is 308 g/mol. The van der Waals surface area contributed by atoms with Crippen LogP contribution in [-0.4, -0.2) is 31.6 Å². The van der Waals surface area contributed by atoms with Gasteiger partial charge < -0.3 is 9.47 Å². The third kappa shape index (κ3) is 2.04. The Morgan fingerprint density at radius 3 is 2.96 bits per heavy atom. The van der Waals surface area contributed by atoms with E-state index in [9.17, 15) is 4.79 Å². The molecule has 0 amide bonds. The van der Waals surface area contributed by atoms with Crippen molar-refractivity contribution in [2.45, 2.75) is 11.5 Å². The number of para-hydroxylation sites is 1. The van der Waals surface area contributed by atoms with Gasteiger partial charge in [0, 0.05) is 5.92 Å². The minimum absolute atomic E-state index is 0.0200. The van der Waals surface area contributed by atoms with Crippen molar-refractivity contribution in [1.29, 1.82) is 0 Å². The van der Waals surface area contributed by atoms with E-state index in [1.807, 2.05) is 42.5 Å². The molecule has 0 saturated carbocycles. The molecular weight excluding hydrogens is 292 g/mol. The van der Waals surface area contributed by atoms with E-state index in [4.69, 9.17) is 9.47 Å². The van der Waals surface area contributed by atoms with Crippen LogP contribution in [0.25, 0.3) is 0 Å². The van der Waals surface area contributed by atoms with Gasteiger partial charge in [-0.25, -0.2) is 0 Å². The standard InChI is InChI=1S/C18H16N2O3/c1-22-13-6-4-5-12(9-13)15-10-19-20-18(15)11-23-16-8-3-2-7-14(16)17(18)21/h2-9,15H,10-11H2,1H3. The second-order valence-corrected chi connectivity index (χ2v) is 5.79. The van der Waals surface area contributed by atoms with Crippen LogP contribution in [0.1, 0.15) is 21.8 Å². The quantitative estimate of drug-likeness (QED) is 0.855. The zero-order valence-corrected chi connectivity index (χ0v) is 12.7. The van der Waals surface area contributed by atoms with Gasteiger partial charge >= 0.3 is 0 Å². The van der Waals surface area contributed by atoms with Gasteiger partial charge in [-0.15, -0.1) is 0 Å². The molecule has 0 N–H and O–H groups in total. The number of rotatable bonds is 2. The van der Waals surface area contributed by atoms with Crippen molar-refractivity contribution in [2.24, 2.45) is 10.2 Å². The summed E-state index contributed by atoms with van der Waals surface area (Å²) in [6.45, 7) is 0.693. The molecule has 2 aliphatic rings. The second kappa shape index (κ2) is 5.19. The zero-order valence-electron chi connectivity index (χ0n) is 12.7. The Kier molecular flexibility index (Phi) is 3.15. The molecule has 2 heterocycles. The molecule has 4 rings (SSSR count). The highest BCUT2D eigenvalue weighted by atomic mass is 16.5. The highest BCUT2D eigenvalue weighted by Gasteiger charge is 2.53. The smallest absolute Gasteiger partial charge is 0.200 e. The summed E-state index contributed by atoms with van der Waals surface area (Å²) in [4.78, 5) is 13.1. The van der Waals surface area contributed by atoms with E-state index in [0.29, 0.717) is 17.9 Å². The second-order valence-electron chi connectivity index (χ2n) is 5.79. The number of carbonyl (C=O) groups is 1. The van der Waals surface area contributed by atoms with Crippen molar-refractivity contribution >= 4 is 5.78 Å². The van der Waals surface area contributed by atoms with E-state index < -0.39 is 5.54 Å². The summed E-state index contributed by atoms with van der Waals surface area (Å²) in [6.07, 6.45) is 0.